The standard InChI is InChI=1S/2C15H18Cl2F2NO.2C5H5.Ti/c2*1-4-5-8-20(14(21)15(3,17)10(2)16)13-7-6-11(18)9-12(13)19;2*1-2-4-5-3-1;/h2*6-7,10H,4-5,8H2,1-3H3;2*1-3H,4H2;. The summed E-state index contributed by atoms with van der Waals surface area (Å²) in [5.41, 5.74) is -0.550. The van der Waals surface area contributed by atoms with Crippen LogP contribution in [-0.2, 0) is 26.2 Å². The second-order valence-corrected chi connectivity index (χ2v) is 22.7. The van der Waals surface area contributed by atoms with Crippen LogP contribution in [0, 0.1) is 23.3 Å². The zero-order chi connectivity index (χ0) is 39.5. The number of allylic oxidation sites excluding steroid dienone is 8. The molecule has 2 aliphatic carbocycles. The summed E-state index contributed by atoms with van der Waals surface area (Å²) in [5, 5.41) is -1.74. The van der Waals surface area contributed by atoms with Gasteiger partial charge in [-0.2, -0.15) is 0 Å². The van der Waals surface area contributed by atoms with E-state index in [1.807, 2.05) is 13.8 Å². The van der Waals surface area contributed by atoms with Gasteiger partial charge in [-0.05, 0) is 0 Å². The molecule has 2 aromatic carbocycles. The van der Waals surface area contributed by atoms with Crippen molar-refractivity contribution in [2.75, 3.05) is 22.9 Å². The molecular weight excluding hydrogens is 806 g/mol. The maximum atomic E-state index is 17.8. The van der Waals surface area contributed by atoms with E-state index in [0.717, 1.165) is 34.1 Å². The molecule has 13 heteroatoms. The molecule has 0 saturated heterocycles. The Morgan fingerprint density at radius 1 is 0.717 bits per heavy atom. The summed E-state index contributed by atoms with van der Waals surface area (Å²) in [6.45, 7) is 9.80. The fraction of sp³-hybridized carbons (Fsp3) is 0.450. The van der Waals surface area contributed by atoms with Crippen LogP contribution in [0.15, 0.2) is 68.5 Å². The van der Waals surface area contributed by atoms with E-state index >= 15 is 17.6 Å². The molecular formula is C40H46Cl4F4N2O2Ti. The molecule has 4 unspecified atom stereocenters. The number of halogens is 8. The van der Waals surface area contributed by atoms with Gasteiger partial charge in [0.2, 0.25) is 0 Å². The van der Waals surface area contributed by atoms with E-state index in [-0.39, 0.29) is 37.3 Å². The Labute approximate surface area is 334 Å². The summed E-state index contributed by atoms with van der Waals surface area (Å²) < 4.78 is 69.3. The number of unbranched alkanes of at least 4 members (excludes halogenated alkanes) is 2. The molecule has 4 nitrogen and oxygen atoms in total. The Kier molecular flexibility index (Phi) is 14.7. The van der Waals surface area contributed by atoms with Crippen LogP contribution in [0.1, 0.15) is 80.1 Å². The third-order valence-electron chi connectivity index (χ3n) is 10.3. The Morgan fingerprint density at radius 3 is 1.36 bits per heavy atom. The van der Waals surface area contributed by atoms with Crippen LogP contribution >= 0.6 is 46.4 Å². The fourth-order valence-corrected chi connectivity index (χ4v) is 15.4. The van der Waals surface area contributed by atoms with Crippen LogP contribution < -0.4 is 17.5 Å². The quantitative estimate of drug-likeness (QED) is 0.0959. The number of nitrogens with zero attached hydrogens (tertiary/aromatic N) is 2. The minimum absolute atomic E-state index is 0.0284. The van der Waals surface area contributed by atoms with Gasteiger partial charge in [-0.15, -0.1) is 0 Å². The zero-order valence-electron chi connectivity index (χ0n) is 30.8. The predicted octanol–water partition coefficient (Wildman–Crippen LogP) is 10.6. The number of alkyl halides is 4. The molecule has 53 heavy (non-hydrogen) atoms. The number of amides is 2. The van der Waals surface area contributed by atoms with Crippen LogP contribution in [0.3, 0.4) is 0 Å². The molecule has 4 rings (SSSR count). The summed E-state index contributed by atoms with van der Waals surface area (Å²) >= 11 is 20.6. The molecule has 2 aromatic rings. The monoisotopic (exact) mass is 850 g/mol. The maximum absolute atomic E-state index is 17.8. The molecule has 0 spiro atoms. The molecule has 4 atom stereocenters. The molecule has 0 radical (unpaired) electrons. The molecule has 2 aliphatic rings. The number of rotatable bonds is 16. The third kappa shape index (κ3) is 8.25. The fourth-order valence-electron chi connectivity index (χ4n) is 6.77. The van der Waals surface area contributed by atoms with Gasteiger partial charge in [-0.1, -0.05) is 0 Å². The number of benzene rings is 2. The zero-order valence-corrected chi connectivity index (χ0v) is 35.4. The molecule has 0 aliphatic heterocycles. The van der Waals surface area contributed by atoms with Crippen molar-refractivity contribution in [3.05, 3.63) is 91.7 Å². The molecule has 0 aromatic heterocycles. The second kappa shape index (κ2) is 17.8. The van der Waals surface area contributed by atoms with Crippen LogP contribution in [0.2, 0.25) is 0 Å². The predicted molar refractivity (Wildman–Crippen MR) is 209 cm³/mol. The number of anilines is 2. The van der Waals surface area contributed by atoms with Gasteiger partial charge >= 0.3 is 336 Å². The van der Waals surface area contributed by atoms with Crippen molar-refractivity contribution in [1.82, 2.24) is 0 Å². The van der Waals surface area contributed by atoms with E-state index in [9.17, 15) is 9.59 Å². The first-order chi connectivity index (χ1) is 24.9. The van der Waals surface area contributed by atoms with Crippen molar-refractivity contribution in [2.45, 2.75) is 101 Å². The van der Waals surface area contributed by atoms with Crippen LogP contribution in [0.5, 0.6) is 0 Å². The first-order valence-corrected chi connectivity index (χ1v) is 22.7. The summed E-state index contributed by atoms with van der Waals surface area (Å²) in [6.07, 6.45) is 12.8. The Balaban J connectivity index is 2.16. The van der Waals surface area contributed by atoms with Crippen molar-refractivity contribution in [2.24, 2.45) is 0 Å². The van der Waals surface area contributed by atoms with Gasteiger partial charge in [0, 0.05) is 0 Å². The van der Waals surface area contributed by atoms with Crippen molar-refractivity contribution < 1.29 is 43.7 Å². The Morgan fingerprint density at radius 2 is 1.08 bits per heavy atom. The molecule has 288 valence electrons. The second-order valence-electron chi connectivity index (χ2n) is 13.9. The number of carbonyl (C=O) groups is 2. The Hall–Kier alpha value is -2.07. The number of hydrogen-bond donors (Lipinski definition) is 0. The summed E-state index contributed by atoms with van der Waals surface area (Å²) in [7, 11) is 0. The SMILES string of the molecule is CCCCN(C(=O)C(C)(Cl)C(C)Cl)c1ccc(F)[c]([Ti]([C]2=CC=CC2)([C]2=CC=CC2)[c]2c(F)ccc(N(CCCC)C(=O)C(C)(Cl)C(C)Cl)c2F)c1F. The molecule has 0 bridgehead atoms. The van der Waals surface area contributed by atoms with Gasteiger partial charge < -0.3 is 0 Å². The van der Waals surface area contributed by atoms with Gasteiger partial charge in [-0.3, -0.25) is 0 Å². The van der Waals surface area contributed by atoms with Gasteiger partial charge in [0.1, 0.15) is 0 Å². The first-order valence-electron chi connectivity index (χ1n) is 17.9. The van der Waals surface area contributed by atoms with E-state index in [2.05, 4.69) is 0 Å². The van der Waals surface area contributed by atoms with Crippen molar-refractivity contribution in [3.8, 4) is 0 Å². The van der Waals surface area contributed by atoms with E-state index in [1.54, 1.807) is 50.3 Å². The number of carbonyl (C=O) groups excluding carboxylic acids is 2. The van der Waals surface area contributed by atoms with E-state index in [1.165, 1.54) is 13.8 Å². The molecule has 0 saturated carbocycles. The van der Waals surface area contributed by atoms with Crippen molar-refractivity contribution in [3.63, 3.8) is 0 Å². The average molecular weight is 852 g/mol. The van der Waals surface area contributed by atoms with Crippen LogP contribution in [0.4, 0.5) is 28.9 Å². The van der Waals surface area contributed by atoms with Gasteiger partial charge in [0.05, 0.1) is 0 Å². The van der Waals surface area contributed by atoms with Gasteiger partial charge in [0.15, 0.2) is 0 Å². The van der Waals surface area contributed by atoms with Crippen LogP contribution in [0.25, 0.3) is 0 Å². The molecule has 0 N–H and O–H groups in total. The summed E-state index contributed by atoms with van der Waals surface area (Å²) in [4.78, 5) is 27.1. The van der Waals surface area contributed by atoms with Gasteiger partial charge in [-0.25, -0.2) is 0 Å². The molecule has 2 amide bonds. The first kappa shape index (κ1) is 43.7. The average Bonchev–Trinajstić information content (AvgIpc) is 3.85. The molecule has 0 fully saturated rings. The Bertz CT molecular complexity index is 1710. The van der Waals surface area contributed by atoms with Crippen molar-refractivity contribution >= 4 is 77.3 Å². The minimum atomic E-state index is -5.40. The van der Waals surface area contributed by atoms with Crippen LogP contribution in [-0.4, -0.2) is 45.4 Å². The van der Waals surface area contributed by atoms with E-state index in [4.69, 9.17) is 46.4 Å². The van der Waals surface area contributed by atoms with E-state index in [0.29, 0.717) is 33.4 Å². The molecule has 0 heterocycles. The summed E-state index contributed by atoms with van der Waals surface area (Å²) in [6, 6.07) is 4.40. The summed E-state index contributed by atoms with van der Waals surface area (Å²) in [5.74, 6) is -5.65. The number of hydrogen-bond acceptors (Lipinski definition) is 2. The van der Waals surface area contributed by atoms with Crippen molar-refractivity contribution in [1.29, 1.82) is 0 Å². The van der Waals surface area contributed by atoms with E-state index < -0.39 is 79.9 Å². The van der Waals surface area contributed by atoms with Gasteiger partial charge in [0.25, 0.3) is 0 Å². The normalized spacial score (nSPS) is 17.5. The third-order valence-corrected chi connectivity index (χ3v) is 20.3. The topological polar surface area (TPSA) is 40.6 Å².